The maximum absolute atomic E-state index is 13.1. The van der Waals surface area contributed by atoms with Crippen molar-refractivity contribution in [2.75, 3.05) is 13.2 Å². The molecule has 3 amide bonds. The van der Waals surface area contributed by atoms with Gasteiger partial charge in [0.1, 0.15) is 12.1 Å². The van der Waals surface area contributed by atoms with Crippen molar-refractivity contribution in [2.24, 2.45) is 11.8 Å². The van der Waals surface area contributed by atoms with Gasteiger partial charge in [-0.15, -0.1) is 0 Å². The van der Waals surface area contributed by atoms with Crippen molar-refractivity contribution in [2.45, 2.75) is 57.7 Å². The fourth-order valence-corrected chi connectivity index (χ4v) is 4.43. The van der Waals surface area contributed by atoms with E-state index in [-0.39, 0.29) is 24.3 Å². The van der Waals surface area contributed by atoms with Gasteiger partial charge in [0.25, 0.3) is 0 Å². The lowest BCUT2D eigenvalue weighted by Crippen LogP contribution is -2.51. The second-order valence-corrected chi connectivity index (χ2v) is 9.72. The minimum atomic E-state index is -0.836. The third-order valence-electron chi connectivity index (χ3n) is 6.30. The summed E-state index contributed by atoms with van der Waals surface area (Å²) in [6, 6.07) is 17.9. The van der Waals surface area contributed by atoms with Crippen LogP contribution in [0.15, 0.2) is 60.7 Å². The van der Waals surface area contributed by atoms with Gasteiger partial charge < -0.3 is 25.8 Å². The van der Waals surface area contributed by atoms with E-state index < -0.39 is 30.2 Å². The molecule has 0 aromatic heterocycles. The Balaban J connectivity index is 1.66. The van der Waals surface area contributed by atoms with Crippen molar-refractivity contribution in [1.29, 1.82) is 0 Å². The van der Waals surface area contributed by atoms with Crippen LogP contribution in [0, 0.1) is 11.8 Å². The first-order chi connectivity index (χ1) is 17.4. The molecule has 4 N–H and O–H groups in total. The second kappa shape index (κ2) is 13.6. The fraction of sp³-hybridized carbons (Fsp3) is 0.464. The Hall–Kier alpha value is -3.39. The molecule has 8 nitrogen and oxygen atoms in total. The standard InChI is InChI=1S/C28H37N3O5/c1-19(2)15-24(27(34)30-23(18-32)17-22-13-14-29-26(22)33)31-28(35)36-25(21-11-7-4-8-12-21)16-20-9-5-3-6-10-20/h3-12,19,22-25,32H,13-18H2,1-2H3,(H,29,33)(H,30,34)(H,31,35)/t22-,23?,24?,25?/m0/s1. The third-order valence-corrected chi connectivity index (χ3v) is 6.30. The lowest BCUT2D eigenvalue weighted by molar-refractivity contribution is -0.126. The fourth-order valence-electron chi connectivity index (χ4n) is 4.43. The number of carbonyl (C=O) groups excluding carboxylic acids is 3. The smallest absolute Gasteiger partial charge is 0.408 e. The lowest BCUT2D eigenvalue weighted by atomic mass is 9.97. The van der Waals surface area contributed by atoms with Gasteiger partial charge in [0.05, 0.1) is 12.6 Å². The number of aliphatic hydroxyl groups excluding tert-OH is 1. The van der Waals surface area contributed by atoms with Crippen LogP contribution in [0.3, 0.4) is 0 Å². The summed E-state index contributed by atoms with van der Waals surface area (Å²) < 4.78 is 5.82. The van der Waals surface area contributed by atoms with Crippen molar-refractivity contribution >= 4 is 17.9 Å². The van der Waals surface area contributed by atoms with Gasteiger partial charge in [-0.05, 0) is 36.3 Å². The molecule has 4 atom stereocenters. The molecule has 1 aliphatic rings. The molecule has 1 saturated heterocycles. The molecule has 8 heteroatoms. The van der Waals surface area contributed by atoms with E-state index in [1.807, 2.05) is 74.5 Å². The Labute approximate surface area is 212 Å². The van der Waals surface area contributed by atoms with Gasteiger partial charge in [0.15, 0.2) is 0 Å². The molecule has 0 bridgehead atoms. The topological polar surface area (TPSA) is 117 Å². The van der Waals surface area contributed by atoms with E-state index in [0.29, 0.717) is 32.2 Å². The molecule has 2 aromatic carbocycles. The van der Waals surface area contributed by atoms with Crippen LogP contribution in [0.1, 0.15) is 50.3 Å². The van der Waals surface area contributed by atoms with Gasteiger partial charge in [-0.25, -0.2) is 4.79 Å². The van der Waals surface area contributed by atoms with Gasteiger partial charge in [0.2, 0.25) is 11.8 Å². The normalized spacial score (nSPS) is 17.7. The molecule has 0 spiro atoms. The van der Waals surface area contributed by atoms with E-state index in [2.05, 4.69) is 16.0 Å². The number of amides is 3. The van der Waals surface area contributed by atoms with E-state index in [4.69, 9.17) is 4.74 Å². The van der Waals surface area contributed by atoms with Gasteiger partial charge in [0, 0.05) is 18.9 Å². The highest BCUT2D eigenvalue weighted by molar-refractivity contribution is 5.86. The molecule has 0 aliphatic carbocycles. The average Bonchev–Trinajstić information content (AvgIpc) is 3.27. The number of benzene rings is 2. The Morgan fingerprint density at radius 1 is 1.06 bits per heavy atom. The lowest BCUT2D eigenvalue weighted by Gasteiger charge is -2.25. The number of nitrogens with one attached hydrogen (secondary N) is 3. The summed E-state index contributed by atoms with van der Waals surface area (Å²) in [4.78, 5) is 38.0. The molecular weight excluding hydrogens is 458 g/mol. The zero-order valence-corrected chi connectivity index (χ0v) is 21.0. The van der Waals surface area contributed by atoms with Crippen LogP contribution in [0.25, 0.3) is 0 Å². The second-order valence-electron chi connectivity index (χ2n) is 9.72. The first-order valence-corrected chi connectivity index (χ1v) is 12.6. The summed E-state index contributed by atoms with van der Waals surface area (Å²) in [5, 5.41) is 18.1. The van der Waals surface area contributed by atoms with E-state index in [0.717, 1.165) is 11.1 Å². The molecule has 36 heavy (non-hydrogen) atoms. The van der Waals surface area contributed by atoms with Crippen molar-refractivity contribution in [3.05, 3.63) is 71.8 Å². The van der Waals surface area contributed by atoms with Crippen LogP contribution in [0.2, 0.25) is 0 Å². The van der Waals surface area contributed by atoms with Gasteiger partial charge >= 0.3 is 6.09 Å². The monoisotopic (exact) mass is 495 g/mol. The van der Waals surface area contributed by atoms with Crippen LogP contribution >= 0.6 is 0 Å². The maximum atomic E-state index is 13.1. The average molecular weight is 496 g/mol. The zero-order chi connectivity index (χ0) is 25.9. The number of rotatable bonds is 12. The molecule has 3 rings (SSSR count). The number of hydrogen-bond donors (Lipinski definition) is 4. The Morgan fingerprint density at radius 2 is 1.72 bits per heavy atom. The summed E-state index contributed by atoms with van der Waals surface area (Å²) in [5.41, 5.74) is 1.88. The molecule has 1 heterocycles. The molecule has 1 aliphatic heterocycles. The predicted octanol–water partition coefficient (Wildman–Crippen LogP) is 3.11. The van der Waals surface area contributed by atoms with Crippen molar-refractivity contribution in [1.82, 2.24) is 16.0 Å². The Kier molecular flexibility index (Phi) is 10.3. The Morgan fingerprint density at radius 3 is 2.31 bits per heavy atom. The van der Waals surface area contributed by atoms with Crippen LogP contribution in [0.5, 0.6) is 0 Å². The first-order valence-electron chi connectivity index (χ1n) is 12.6. The molecule has 2 aromatic rings. The van der Waals surface area contributed by atoms with Crippen molar-refractivity contribution < 1.29 is 24.2 Å². The summed E-state index contributed by atoms with van der Waals surface area (Å²) >= 11 is 0. The SMILES string of the molecule is CC(C)CC(NC(=O)OC(Cc1ccccc1)c1ccccc1)C(=O)NC(CO)C[C@@H]1CCNC1=O. The third kappa shape index (κ3) is 8.37. The number of hydrogen-bond acceptors (Lipinski definition) is 5. The van der Waals surface area contributed by atoms with E-state index in [9.17, 15) is 19.5 Å². The molecule has 3 unspecified atom stereocenters. The van der Waals surface area contributed by atoms with Crippen LogP contribution in [-0.2, 0) is 20.7 Å². The zero-order valence-electron chi connectivity index (χ0n) is 21.0. The summed E-state index contributed by atoms with van der Waals surface area (Å²) in [6.45, 7) is 4.23. The summed E-state index contributed by atoms with van der Waals surface area (Å²) in [7, 11) is 0. The van der Waals surface area contributed by atoms with Crippen molar-refractivity contribution in [3.63, 3.8) is 0 Å². The van der Waals surface area contributed by atoms with Crippen LogP contribution < -0.4 is 16.0 Å². The van der Waals surface area contributed by atoms with Crippen LogP contribution in [0.4, 0.5) is 4.79 Å². The minimum Gasteiger partial charge on any atom is -0.441 e. The number of carbonyl (C=O) groups is 3. The first kappa shape index (κ1) is 27.2. The molecule has 0 radical (unpaired) electrons. The quantitative estimate of drug-likeness (QED) is 0.361. The van der Waals surface area contributed by atoms with E-state index >= 15 is 0 Å². The predicted molar refractivity (Wildman–Crippen MR) is 137 cm³/mol. The van der Waals surface area contributed by atoms with Crippen molar-refractivity contribution in [3.8, 4) is 0 Å². The molecule has 0 saturated carbocycles. The van der Waals surface area contributed by atoms with Gasteiger partial charge in [-0.1, -0.05) is 74.5 Å². The molecule has 1 fully saturated rings. The minimum absolute atomic E-state index is 0.0616. The summed E-state index contributed by atoms with van der Waals surface area (Å²) in [5.74, 6) is -0.581. The summed E-state index contributed by atoms with van der Waals surface area (Å²) in [6.07, 6.45) is 0.708. The van der Waals surface area contributed by atoms with E-state index in [1.54, 1.807) is 0 Å². The highest BCUT2D eigenvalue weighted by Crippen LogP contribution is 2.23. The molecular formula is C28H37N3O5. The molecule has 194 valence electrons. The van der Waals surface area contributed by atoms with Gasteiger partial charge in [-0.2, -0.15) is 0 Å². The highest BCUT2D eigenvalue weighted by atomic mass is 16.6. The van der Waals surface area contributed by atoms with Gasteiger partial charge in [-0.3, -0.25) is 9.59 Å². The number of aliphatic hydroxyl groups is 1. The highest BCUT2D eigenvalue weighted by Gasteiger charge is 2.30. The Bertz CT molecular complexity index is 983. The maximum Gasteiger partial charge on any atom is 0.408 e. The van der Waals surface area contributed by atoms with E-state index in [1.165, 1.54) is 0 Å². The van der Waals surface area contributed by atoms with Crippen LogP contribution in [-0.4, -0.2) is 48.2 Å². The largest absolute Gasteiger partial charge is 0.441 e. The number of ether oxygens (including phenoxy) is 1. The number of alkyl carbamates (subject to hydrolysis) is 1.